The number of rotatable bonds is 7. The van der Waals surface area contributed by atoms with Gasteiger partial charge in [-0.3, -0.25) is 4.79 Å². The molecule has 0 fully saturated rings. The number of hydrogen-bond acceptors (Lipinski definition) is 4. The molecule has 0 heterocycles. The number of ether oxygens (including phenoxy) is 1. The Kier molecular flexibility index (Phi) is 6.70. The van der Waals surface area contributed by atoms with Gasteiger partial charge in [-0.15, -0.1) is 0 Å². The molecule has 1 aliphatic rings. The van der Waals surface area contributed by atoms with Crippen molar-refractivity contribution in [2.45, 2.75) is 11.8 Å². The van der Waals surface area contributed by atoms with Crippen LogP contribution in [0.15, 0.2) is 66.7 Å². The third-order valence-electron chi connectivity index (χ3n) is 5.59. The topological polar surface area (TPSA) is 105 Å². The number of carboxylic acids is 1. The van der Waals surface area contributed by atoms with Crippen LogP contribution in [0.5, 0.6) is 0 Å². The maximum absolute atomic E-state index is 14.3. The van der Waals surface area contributed by atoms with Crippen molar-refractivity contribution in [3.05, 3.63) is 88.4 Å². The summed E-state index contributed by atoms with van der Waals surface area (Å²) in [7, 11) is 0. The Hall–Kier alpha value is -3.98. The van der Waals surface area contributed by atoms with Crippen LogP contribution in [0.2, 0.25) is 5.02 Å². The molecule has 0 aliphatic heterocycles. The number of alkyl carbamates (subject to hydrolysis) is 1. The third kappa shape index (κ3) is 5.09. The lowest BCUT2D eigenvalue weighted by Crippen LogP contribution is -2.45. The molecule has 0 saturated heterocycles. The summed E-state index contributed by atoms with van der Waals surface area (Å²) in [5.41, 5.74) is 3.44. The third-order valence-corrected chi connectivity index (χ3v) is 5.91. The SMILES string of the molecule is O=C(NCC(F)(F)C(=O)Nc1ccc(Cl)c(C(=O)O)c1)OCC1c2ccccc2-c2ccccc21. The standard InChI is InChI=1S/C25H19ClF2N2O5/c26-21-10-9-14(11-19(21)22(31)32)30-23(33)25(27,28)13-29-24(34)35-12-20-17-7-3-1-5-15(17)16-6-2-4-8-18(16)20/h1-11,20H,12-13H2,(H,29,34)(H,30,33)(H,31,32). The first-order chi connectivity index (χ1) is 16.7. The van der Waals surface area contributed by atoms with E-state index in [9.17, 15) is 23.2 Å². The number of hydrogen-bond donors (Lipinski definition) is 3. The quantitative estimate of drug-likeness (QED) is 0.416. The van der Waals surface area contributed by atoms with E-state index >= 15 is 0 Å². The molecule has 0 saturated carbocycles. The molecule has 35 heavy (non-hydrogen) atoms. The molecular weight excluding hydrogens is 482 g/mol. The second-order valence-corrected chi connectivity index (χ2v) is 8.24. The summed E-state index contributed by atoms with van der Waals surface area (Å²) < 4.78 is 33.8. The van der Waals surface area contributed by atoms with Crippen molar-refractivity contribution in [3.63, 3.8) is 0 Å². The number of amides is 2. The van der Waals surface area contributed by atoms with Crippen LogP contribution in [0.4, 0.5) is 19.3 Å². The van der Waals surface area contributed by atoms with Crippen LogP contribution in [-0.4, -0.2) is 42.2 Å². The number of halogens is 3. The average molecular weight is 501 g/mol. The molecule has 4 rings (SSSR count). The summed E-state index contributed by atoms with van der Waals surface area (Å²) in [5, 5.41) is 12.8. The molecule has 10 heteroatoms. The Morgan fingerprint density at radius 3 is 2.17 bits per heavy atom. The first-order valence-electron chi connectivity index (χ1n) is 10.5. The van der Waals surface area contributed by atoms with Crippen LogP contribution in [-0.2, 0) is 9.53 Å². The van der Waals surface area contributed by atoms with E-state index < -0.39 is 30.4 Å². The zero-order valence-electron chi connectivity index (χ0n) is 18.1. The fourth-order valence-corrected chi connectivity index (χ4v) is 4.10. The first-order valence-corrected chi connectivity index (χ1v) is 10.9. The lowest BCUT2D eigenvalue weighted by Gasteiger charge is -2.18. The van der Waals surface area contributed by atoms with Gasteiger partial charge in [-0.1, -0.05) is 60.1 Å². The molecule has 3 aromatic carbocycles. The molecule has 0 bridgehead atoms. The van der Waals surface area contributed by atoms with Crippen LogP contribution in [0.1, 0.15) is 27.4 Å². The number of carbonyl (C=O) groups excluding carboxylic acids is 2. The van der Waals surface area contributed by atoms with E-state index in [1.54, 1.807) is 0 Å². The molecule has 3 N–H and O–H groups in total. The van der Waals surface area contributed by atoms with Crippen molar-refractivity contribution >= 4 is 35.3 Å². The Morgan fingerprint density at radius 1 is 0.971 bits per heavy atom. The largest absolute Gasteiger partial charge is 0.478 e. The zero-order chi connectivity index (χ0) is 25.2. The number of benzene rings is 3. The minimum Gasteiger partial charge on any atom is -0.478 e. The normalized spacial score (nSPS) is 12.4. The van der Waals surface area contributed by atoms with E-state index in [0.29, 0.717) is 0 Å². The smallest absolute Gasteiger partial charge is 0.407 e. The molecule has 0 unspecified atom stereocenters. The van der Waals surface area contributed by atoms with Crippen LogP contribution >= 0.6 is 11.6 Å². The first kappa shape index (κ1) is 24.2. The number of aromatic carboxylic acids is 1. The van der Waals surface area contributed by atoms with E-state index in [2.05, 4.69) is 0 Å². The van der Waals surface area contributed by atoms with E-state index in [1.165, 1.54) is 6.07 Å². The van der Waals surface area contributed by atoms with Gasteiger partial charge < -0.3 is 20.5 Å². The van der Waals surface area contributed by atoms with Crippen LogP contribution in [0.3, 0.4) is 0 Å². The van der Waals surface area contributed by atoms with Crippen molar-refractivity contribution in [3.8, 4) is 11.1 Å². The number of alkyl halides is 2. The molecule has 3 aromatic rings. The van der Waals surface area contributed by atoms with Gasteiger partial charge in [-0.2, -0.15) is 8.78 Å². The van der Waals surface area contributed by atoms with Gasteiger partial charge in [0.2, 0.25) is 0 Å². The summed E-state index contributed by atoms with van der Waals surface area (Å²) in [4.78, 5) is 35.3. The summed E-state index contributed by atoms with van der Waals surface area (Å²) in [6, 6.07) is 18.6. The summed E-state index contributed by atoms with van der Waals surface area (Å²) in [5.74, 6) is -7.34. The zero-order valence-corrected chi connectivity index (χ0v) is 18.8. The Bertz CT molecular complexity index is 1270. The van der Waals surface area contributed by atoms with Gasteiger partial charge >= 0.3 is 18.0 Å². The van der Waals surface area contributed by atoms with Gasteiger partial charge in [-0.25, -0.2) is 9.59 Å². The fourth-order valence-electron chi connectivity index (χ4n) is 3.90. The molecule has 0 radical (unpaired) electrons. The fraction of sp³-hybridized carbons (Fsp3) is 0.160. The molecule has 2 amide bonds. The van der Waals surface area contributed by atoms with Crippen LogP contribution < -0.4 is 10.6 Å². The monoisotopic (exact) mass is 500 g/mol. The van der Waals surface area contributed by atoms with Gasteiger partial charge in [0.1, 0.15) is 6.61 Å². The molecule has 0 spiro atoms. The van der Waals surface area contributed by atoms with Gasteiger partial charge in [0.05, 0.1) is 17.1 Å². The molecule has 1 aliphatic carbocycles. The molecule has 7 nitrogen and oxygen atoms in total. The van der Waals surface area contributed by atoms with E-state index in [1.807, 2.05) is 59.2 Å². The van der Waals surface area contributed by atoms with E-state index in [0.717, 1.165) is 34.4 Å². The second kappa shape index (κ2) is 9.71. The molecular formula is C25H19ClF2N2O5. The highest BCUT2D eigenvalue weighted by atomic mass is 35.5. The molecule has 0 atom stereocenters. The summed E-state index contributed by atoms with van der Waals surface area (Å²) >= 11 is 5.73. The number of carboxylic acid groups (broad SMARTS) is 1. The van der Waals surface area contributed by atoms with Crippen LogP contribution in [0.25, 0.3) is 11.1 Å². The lowest BCUT2D eigenvalue weighted by molar-refractivity contribution is -0.138. The van der Waals surface area contributed by atoms with Gasteiger partial charge in [0.25, 0.3) is 5.91 Å². The highest BCUT2D eigenvalue weighted by Gasteiger charge is 2.39. The summed E-state index contributed by atoms with van der Waals surface area (Å²) in [6.07, 6.45) is -1.10. The number of fused-ring (bicyclic) bond motifs is 3. The van der Waals surface area contributed by atoms with Gasteiger partial charge in [0.15, 0.2) is 0 Å². The maximum atomic E-state index is 14.3. The minimum atomic E-state index is -3.99. The van der Waals surface area contributed by atoms with Gasteiger partial charge in [0, 0.05) is 11.6 Å². The van der Waals surface area contributed by atoms with E-state index in [4.69, 9.17) is 21.4 Å². The van der Waals surface area contributed by atoms with Crippen molar-refractivity contribution in [1.29, 1.82) is 0 Å². The number of nitrogens with one attached hydrogen (secondary N) is 2. The Labute approximate surface area is 203 Å². The van der Waals surface area contributed by atoms with Gasteiger partial charge in [-0.05, 0) is 40.5 Å². The summed E-state index contributed by atoms with van der Waals surface area (Å²) in [6.45, 7) is -1.38. The molecule has 0 aromatic heterocycles. The highest BCUT2D eigenvalue weighted by Crippen LogP contribution is 2.44. The Balaban J connectivity index is 1.34. The Morgan fingerprint density at radius 2 is 1.57 bits per heavy atom. The average Bonchev–Trinajstić information content (AvgIpc) is 3.16. The molecule has 180 valence electrons. The minimum absolute atomic E-state index is 0.0691. The lowest BCUT2D eigenvalue weighted by atomic mass is 9.98. The second-order valence-electron chi connectivity index (χ2n) is 7.84. The number of carbonyl (C=O) groups is 3. The maximum Gasteiger partial charge on any atom is 0.407 e. The van der Waals surface area contributed by atoms with Crippen LogP contribution in [0, 0.1) is 0 Å². The predicted molar refractivity (Wildman–Crippen MR) is 125 cm³/mol. The number of anilines is 1. The van der Waals surface area contributed by atoms with Crippen molar-refractivity contribution < 1.29 is 33.0 Å². The van der Waals surface area contributed by atoms with Crippen molar-refractivity contribution in [1.82, 2.24) is 5.32 Å². The van der Waals surface area contributed by atoms with E-state index in [-0.39, 0.29) is 28.8 Å². The van der Waals surface area contributed by atoms with Crippen molar-refractivity contribution in [2.24, 2.45) is 0 Å². The predicted octanol–water partition coefficient (Wildman–Crippen LogP) is 5.15. The highest BCUT2D eigenvalue weighted by molar-refractivity contribution is 6.33. The van der Waals surface area contributed by atoms with Crippen molar-refractivity contribution in [2.75, 3.05) is 18.5 Å².